The van der Waals surface area contributed by atoms with Crippen LogP contribution >= 0.6 is 0 Å². The third-order valence-corrected chi connectivity index (χ3v) is 1.83. The Morgan fingerprint density at radius 3 is 2.36 bits per heavy atom. The van der Waals surface area contributed by atoms with E-state index in [0.29, 0.717) is 5.57 Å². The van der Waals surface area contributed by atoms with E-state index in [1.165, 1.54) is 0 Å². The molecule has 0 aliphatic heterocycles. The molecule has 1 N–H and O–H groups in total. The van der Waals surface area contributed by atoms with Crippen molar-refractivity contribution in [2.45, 2.75) is 12.8 Å². The Morgan fingerprint density at radius 2 is 1.86 bits per heavy atom. The van der Waals surface area contributed by atoms with E-state index in [-0.39, 0.29) is 12.8 Å². The molecule has 0 heterocycles. The zero-order valence-corrected chi connectivity index (χ0v) is 7.56. The van der Waals surface area contributed by atoms with Gasteiger partial charge in [-0.3, -0.25) is 4.79 Å². The molecule has 1 rings (SSSR count). The van der Waals surface area contributed by atoms with E-state index in [0.717, 1.165) is 5.56 Å². The van der Waals surface area contributed by atoms with Crippen LogP contribution < -0.4 is 0 Å². The summed E-state index contributed by atoms with van der Waals surface area (Å²) in [7, 11) is 0. The molecule has 3 heteroatoms. The van der Waals surface area contributed by atoms with Crippen LogP contribution in [0.1, 0.15) is 18.4 Å². The SMILES string of the molecule is O=C=C(CCC(=O)O)c1ccccc1. The lowest BCUT2D eigenvalue weighted by Crippen LogP contribution is -1.95. The minimum absolute atomic E-state index is 0.0422. The van der Waals surface area contributed by atoms with Gasteiger partial charge >= 0.3 is 5.97 Å². The Labute approximate surface area is 81.7 Å². The maximum atomic E-state index is 10.6. The second-order valence-corrected chi connectivity index (χ2v) is 2.84. The number of carboxylic acids is 1. The first-order valence-electron chi connectivity index (χ1n) is 4.25. The molecule has 0 radical (unpaired) electrons. The minimum Gasteiger partial charge on any atom is -0.481 e. The van der Waals surface area contributed by atoms with Crippen molar-refractivity contribution in [2.24, 2.45) is 0 Å². The smallest absolute Gasteiger partial charge is 0.303 e. The maximum Gasteiger partial charge on any atom is 0.303 e. The molecular weight excluding hydrogens is 180 g/mol. The Morgan fingerprint density at radius 1 is 1.21 bits per heavy atom. The number of hydrogen-bond acceptors (Lipinski definition) is 2. The first-order chi connectivity index (χ1) is 6.74. The summed E-state index contributed by atoms with van der Waals surface area (Å²) in [6, 6.07) is 8.97. The molecule has 0 aromatic heterocycles. The highest BCUT2D eigenvalue weighted by molar-refractivity contribution is 5.88. The van der Waals surface area contributed by atoms with Crippen LogP contribution in [0.5, 0.6) is 0 Å². The minimum atomic E-state index is -0.909. The molecule has 0 bridgehead atoms. The maximum absolute atomic E-state index is 10.6. The molecule has 0 aliphatic carbocycles. The average Bonchev–Trinajstić information content (AvgIpc) is 2.20. The highest BCUT2D eigenvalue weighted by Gasteiger charge is 2.04. The summed E-state index contributed by atoms with van der Waals surface area (Å²) >= 11 is 0. The van der Waals surface area contributed by atoms with E-state index in [4.69, 9.17) is 5.11 Å². The van der Waals surface area contributed by atoms with Crippen molar-refractivity contribution in [3.63, 3.8) is 0 Å². The van der Waals surface area contributed by atoms with Gasteiger partial charge in [-0.2, -0.15) is 0 Å². The first kappa shape index (κ1) is 10.2. The Bertz CT molecular complexity index is 361. The molecule has 1 aromatic carbocycles. The average molecular weight is 190 g/mol. The van der Waals surface area contributed by atoms with E-state index in [2.05, 4.69) is 0 Å². The number of carbonyl (C=O) groups is 1. The highest BCUT2D eigenvalue weighted by Crippen LogP contribution is 2.16. The Hall–Kier alpha value is -1.86. The van der Waals surface area contributed by atoms with Crippen molar-refractivity contribution in [1.29, 1.82) is 0 Å². The fourth-order valence-corrected chi connectivity index (χ4v) is 1.13. The van der Waals surface area contributed by atoms with Crippen molar-refractivity contribution in [2.75, 3.05) is 0 Å². The van der Waals surface area contributed by atoms with Gasteiger partial charge in [0.1, 0.15) is 5.94 Å². The number of carboxylic acid groups (broad SMARTS) is 1. The fourth-order valence-electron chi connectivity index (χ4n) is 1.13. The summed E-state index contributed by atoms with van der Waals surface area (Å²) in [4.78, 5) is 20.9. The summed E-state index contributed by atoms with van der Waals surface area (Å²) in [5.74, 6) is 0.868. The van der Waals surface area contributed by atoms with Crippen molar-refractivity contribution >= 4 is 17.5 Å². The topological polar surface area (TPSA) is 54.4 Å². The second-order valence-electron chi connectivity index (χ2n) is 2.84. The summed E-state index contributed by atoms with van der Waals surface area (Å²) in [5.41, 5.74) is 1.15. The molecule has 0 saturated heterocycles. The molecule has 1 aromatic rings. The summed E-state index contributed by atoms with van der Waals surface area (Å²) in [5, 5.41) is 8.46. The van der Waals surface area contributed by atoms with Crippen LogP contribution in [0.25, 0.3) is 5.57 Å². The van der Waals surface area contributed by atoms with Gasteiger partial charge in [0.05, 0.1) is 6.42 Å². The highest BCUT2D eigenvalue weighted by atomic mass is 16.4. The van der Waals surface area contributed by atoms with E-state index >= 15 is 0 Å². The van der Waals surface area contributed by atoms with Crippen molar-refractivity contribution < 1.29 is 14.7 Å². The van der Waals surface area contributed by atoms with Gasteiger partial charge in [-0.25, -0.2) is 4.79 Å². The Kier molecular flexibility index (Phi) is 3.65. The van der Waals surface area contributed by atoms with Gasteiger partial charge in [-0.15, -0.1) is 0 Å². The number of allylic oxidation sites excluding steroid dienone is 1. The molecule has 0 aliphatic rings. The van der Waals surface area contributed by atoms with Crippen molar-refractivity contribution in [3.8, 4) is 0 Å². The molecule has 0 spiro atoms. The first-order valence-corrected chi connectivity index (χ1v) is 4.25. The largest absolute Gasteiger partial charge is 0.481 e. The van der Waals surface area contributed by atoms with Crippen LogP contribution in [0.3, 0.4) is 0 Å². The third-order valence-electron chi connectivity index (χ3n) is 1.83. The molecule has 0 atom stereocenters. The van der Waals surface area contributed by atoms with Gasteiger partial charge in [0.25, 0.3) is 0 Å². The number of rotatable bonds is 4. The van der Waals surface area contributed by atoms with E-state index in [9.17, 15) is 9.59 Å². The molecule has 0 unspecified atom stereocenters. The second kappa shape index (κ2) is 5.00. The number of carbonyl (C=O) groups excluding carboxylic acids is 1. The van der Waals surface area contributed by atoms with Crippen LogP contribution in [-0.2, 0) is 9.59 Å². The lowest BCUT2D eigenvalue weighted by atomic mass is 10.0. The molecule has 14 heavy (non-hydrogen) atoms. The van der Waals surface area contributed by atoms with E-state index in [1.54, 1.807) is 30.2 Å². The third kappa shape index (κ3) is 2.88. The summed E-state index contributed by atoms with van der Waals surface area (Å²) in [6.07, 6.45) is 0.183. The zero-order valence-electron chi connectivity index (χ0n) is 7.56. The molecule has 72 valence electrons. The quantitative estimate of drug-likeness (QED) is 0.736. The van der Waals surface area contributed by atoms with Crippen LogP contribution in [0.15, 0.2) is 30.3 Å². The van der Waals surface area contributed by atoms with Crippen LogP contribution in [0, 0.1) is 0 Å². The van der Waals surface area contributed by atoms with Crippen molar-refractivity contribution in [3.05, 3.63) is 35.9 Å². The van der Waals surface area contributed by atoms with E-state index < -0.39 is 5.97 Å². The number of hydrogen-bond donors (Lipinski definition) is 1. The predicted octanol–water partition coefficient (Wildman–Crippen LogP) is 1.77. The standard InChI is InChI=1S/C11H10O3/c12-8-10(6-7-11(13)14)9-4-2-1-3-5-9/h1-5H,6-7H2,(H,13,14). The molecule has 3 nitrogen and oxygen atoms in total. The summed E-state index contributed by atoms with van der Waals surface area (Å²) < 4.78 is 0. The lowest BCUT2D eigenvalue weighted by molar-refractivity contribution is -0.136. The van der Waals surface area contributed by atoms with Gasteiger partial charge in [-0.05, 0) is 12.0 Å². The molecule has 0 saturated carbocycles. The molecule has 0 fully saturated rings. The van der Waals surface area contributed by atoms with Gasteiger partial charge < -0.3 is 5.11 Å². The zero-order chi connectivity index (χ0) is 10.4. The fraction of sp³-hybridized carbons (Fsp3) is 0.182. The van der Waals surface area contributed by atoms with Gasteiger partial charge in [0.2, 0.25) is 0 Å². The van der Waals surface area contributed by atoms with Gasteiger partial charge in [0.15, 0.2) is 0 Å². The summed E-state index contributed by atoms with van der Waals surface area (Å²) in [6.45, 7) is 0. The number of aliphatic carboxylic acids is 1. The van der Waals surface area contributed by atoms with Gasteiger partial charge in [-0.1, -0.05) is 30.3 Å². The Balaban J connectivity index is 2.75. The van der Waals surface area contributed by atoms with Crippen LogP contribution in [-0.4, -0.2) is 17.0 Å². The molecular formula is C11H10O3. The lowest BCUT2D eigenvalue weighted by Gasteiger charge is -2.00. The van der Waals surface area contributed by atoms with Crippen LogP contribution in [0.2, 0.25) is 0 Å². The monoisotopic (exact) mass is 190 g/mol. The van der Waals surface area contributed by atoms with Gasteiger partial charge in [0, 0.05) is 5.57 Å². The van der Waals surface area contributed by atoms with Crippen LogP contribution in [0.4, 0.5) is 0 Å². The van der Waals surface area contributed by atoms with Crippen molar-refractivity contribution in [1.82, 2.24) is 0 Å². The normalized spacial score (nSPS) is 9.14. The predicted molar refractivity (Wildman–Crippen MR) is 52.4 cm³/mol. The molecule has 0 amide bonds. The number of benzene rings is 1. The van der Waals surface area contributed by atoms with E-state index in [1.807, 2.05) is 6.07 Å².